The first-order chi connectivity index (χ1) is 14.3. The van der Waals surface area contributed by atoms with Gasteiger partial charge in [-0.05, 0) is 55.7 Å². The Morgan fingerprint density at radius 1 is 1.20 bits per heavy atom. The van der Waals surface area contributed by atoms with Gasteiger partial charge in [-0.2, -0.15) is 4.31 Å². The monoisotopic (exact) mass is 431 g/mol. The highest BCUT2D eigenvalue weighted by Crippen LogP contribution is 2.31. The van der Waals surface area contributed by atoms with E-state index in [2.05, 4.69) is 35.3 Å². The van der Waals surface area contributed by atoms with Crippen LogP contribution < -0.4 is 15.0 Å². The Hall–Kier alpha value is -2.58. The van der Waals surface area contributed by atoms with Crippen molar-refractivity contribution in [1.29, 1.82) is 0 Å². The van der Waals surface area contributed by atoms with Crippen molar-refractivity contribution < 1.29 is 17.9 Å². The van der Waals surface area contributed by atoms with E-state index in [1.807, 2.05) is 6.07 Å². The second kappa shape index (κ2) is 9.49. The third-order valence-electron chi connectivity index (χ3n) is 5.38. The number of nitrogens with zero attached hydrogens (tertiary/aromatic N) is 2. The normalized spacial score (nSPS) is 15.9. The van der Waals surface area contributed by atoms with E-state index < -0.39 is 10.0 Å². The molecule has 0 spiro atoms. The van der Waals surface area contributed by atoms with Crippen molar-refractivity contribution in [3.63, 3.8) is 0 Å². The Kier molecular flexibility index (Phi) is 6.99. The van der Waals surface area contributed by atoms with Gasteiger partial charge < -0.3 is 15.0 Å². The van der Waals surface area contributed by atoms with Crippen molar-refractivity contribution >= 4 is 21.6 Å². The van der Waals surface area contributed by atoms with Crippen LogP contribution in [0.25, 0.3) is 0 Å². The molecule has 1 amide bonds. The van der Waals surface area contributed by atoms with Gasteiger partial charge >= 0.3 is 0 Å². The summed E-state index contributed by atoms with van der Waals surface area (Å²) in [6.45, 7) is 3.33. The third kappa shape index (κ3) is 4.94. The van der Waals surface area contributed by atoms with Gasteiger partial charge in [0.2, 0.25) is 15.9 Å². The number of nitrogens with one attached hydrogen (secondary N) is 1. The van der Waals surface area contributed by atoms with Crippen LogP contribution in [0.5, 0.6) is 5.75 Å². The van der Waals surface area contributed by atoms with Crippen LogP contribution in [0.2, 0.25) is 0 Å². The van der Waals surface area contributed by atoms with E-state index in [4.69, 9.17) is 4.74 Å². The van der Waals surface area contributed by atoms with Crippen LogP contribution in [-0.4, -0.2) is 58.5 Å². The fourth-order valence-corrected chi connectivity index (χ4v) is 4.85. The first-order valence-electron chi connectivity index (χ1n) is 10.0. The molecule has 30 heavy (non-hydrogen) atoms. The first kappa shape index (κ1) is 22.1. The standard InChI is InChI=1S/C22H29N3O4S/c1-17-15-18-7-4-5-8-21(18)25(17)14-6-13-23-22(26)16-24(2)30(27,28)20-11-9-19(29-3)10-12-20/h4-5,7-12,17H,6,13-16H2,1-3H3,(H,23,26). The predicted octanol–water partition coefficient (Wildman–Crippen LogP) is 2.27. The second-order valence-electron chi connectivity index (χ2n) is 7.52. The quantitative estimate of drug-likeness (QED) is 0.616. The molecule has 1 N–H and O–H groups in total. The molecule has 162 valence electrons. The van der Waals surface area contributed by atoms with Gasteiger partial charge in [0.05, 0.1) is 18.6 Å². The molecular weight excluding hydrogens is 402 g/mol. The van der Waals surface area contributed by atoms with Crippen molar-refractivity contribution in [2.45, 2.75) is 30.7 Å². The summed E-state index contributed by atoms with van der Waals surface area (Å²) in [6, 6.07) is 14.9. The smallest absolute Gasteiger partial charge is 0.243 e. The van der Waals surface area contributed by atoms with Crippen LogP contribution in [0.4, 0.5) is 5.69 Å². The van der Waals surface area contributed by atoms with Gasteiger partial charge in [-0.3, -0.25) is 4.79 Å². The maximum Gasteiger partial charge on any atom is 0.243 e. The number of carbonyl (C=O) groups is 1. The lowest BCUT2D eigenvalue weighted by atomic mass is 10.1. The number of methoxy groups -OCH3 is 1. The number of anilines is 1. The Bertz CT molecular complexity index is 976. The molecule has 0 saturated carbocycles. The zero-order valence-corrected chi connectivity index (χ0v) is 18.5. The van der Waals surface area contributed by atoms with Gasteiger partial charge in [-0.15, -0.1) is 0 Å². The van der Waals surface area contributed by atoms with Gasteiger partial charge in [0, 0.05) is 31.9 Å². The topological polar surface area (TPSA) is 79.0 Å². The molecule has 0 saturated heterocycles. The number of hydrogen-bond acceptors (Lipinski definition) is 5. The average Bonchev–Trinajstić information content (AvgIpc) is 3.06. The Morgan fingerprint density at radius 2 is 1.90 bits per heavy atom. The number of para-hydroxylation sites is 1. The van der Waals surface area contributed by atoms with Crippen molar-refractivity contribution in [2.75, 3.05) is 38.7 Å². The molecule has 8 heteroatoms. The molecule has 0 aromatic heterocycles. The molecule has 3 rings (SSSR count). The molecular formula is C22H29N3O4S. The van der Waals surface area contributed by atoms with E-state index in [1.165, 1.54) is 37.5 Å². The molecule has 1 unspecified atom stereocenters. The van der Waals surface area contributed by atoms with Gasteiger partial charge in [0.15, 0.2) is 0 Å². The van der Waals surface area contributed by atoms with Crippen LogP contribution in [0.15, 0.2) is 53.4 Å². The first-order valence-corrected chi connectivity index (χ1v) is 11.5. The summed E-state index contributed by atoms with van der Waals surface area (Å²) < 4.78 is 31.4. The number of amides is 1. The molecule has 7 nitrogen and oxygen atoms in total. The number of likely N-dealkylation sites (N-methyl/N-ethyl adjacent to an activating group) is 1. The Morgan fingerprint density at radius 3 is 2.60 bits per heavy atom. The van der Waals surface area contributed by atoms with Crippen molar-refractivity contribution in [1.82, 2.24) is 9.62 Å². The zero-order chi connectivity index (χ0) is 21.7. The van der Waals surface area contributed by atoms with Gasteiger partial charge in [-0.25, -0.2) is 8.42 Å². The van der Waals surface area contributed by atoms with E-state index >= 15 is 0 Å². The maximum atomic E-state index is 12.6. The molecule has 0 bridgehead atoms. The van der Waals surface area contributed by atoms with Gasteiger partial charge in [-0.1, -0.05) is 18.2 Å². The van der Waals surface area contributed by atoms with Crippen LogP contribution in [0, 0.1) is 0 Å². The lowest BCUT2D eigenvalue weighted by molar-refractivity contribution is -0.121. The number of rotatable bonds is 9. The van der Waals surface area contributed by atoms with Crippen molar-refractivity contribution in [2.24, 2.45) is 0 Å². The predicted molar refractivity (Wildman–Crippen MR) is 117 cm³/mol. The number of sulfonamides is 1. The third-order valence-corrected chi connectivity index (χ3v) is 7.20. The van der Waals surface area contributed by atoms with Gasteiger partial charge in [0.25, 0.3) is 0 Å². The number of fused-ring (bicyclic) bond motifs is 1. The van der Waals surface area contributed by atoms with Crippen LogP contribution in [0.3, 0.4) is 0 Å². The fraction of sp³-hybridized carbons (Fsp3) is 0.409. The molecule has 0 aliphatic carbocycles. The van der Waals surface area contributed by atoms with E-state index in [0.717, 1.165) is 23.7 Å². The second-order valence-corrected chi connectivity index (χ2v) is 9.56. The minimum absolute atomic E-state index is 0.125. The fourth-order valence-electron chi connectivity index (χ4n) is 3.72. The molecule has 1 aliphatic heterocycles. The summed E-state index contributed by atoms with van der Waals surface area (Å²) in [4.78, 5) is 14.7. The Balaban J connectivity index is 1.46. The summed E-state index contributed by atoms with van der Waals surface area (Å²) in [5.41, 5.74) is 2.63. The lowest BCUT2D eigenvalue weighted by Crippen LogP contribution is -2.39. The molecule has 1 aliphatic rings. The summed E-state index contributed by atoms with van der Waals surface area (Å²) in [7, 11) is -0.813. The number of ether oxygens (including phenoxy) is 1. The van der Waals surface area contributed by atoms with E-state index in [1.54, 1.807) is 12.1 Å². The minimum atomic E-state index is -3.73. The summed E-state index contributed by atoms with van der Waals surface area (Å²) in [5, 5.41) is 2.83. The molecule has 1 atom stereocenters. The summed E-state index contributed by atoms with van der Waals surface area (Å²) >= 11 is 0. The summed E-state index contributed by atoms with van der Waals surface area (Å²) in [5.74, 6) is 0.258. The van der Waals surface area contributed by atoms with Crippen LogP contribution >= 0.6 is 0 Å². The van der Waals surface area contributed by atoms with E-state index in [-0.39, 0.29) is 17.3 Å². The molecule has 1 heterocycles. The van der Waals surface area contributed by atoms with Crippen molar-refractivity contribution in [3.05, 3.63) is 54.1 Å². The van der Waals surface area contributed by atoms with E-state index in [9.17, 15) is 13.2 Å². The number of benzene rings is 2. The summed E-state index contributed by atoms with van der Waals surface area (Å²) in [6.07, 6.45) is 1.83. The zero-order valence-electron chi connectivity index (χ0n) is 17.7. The largest absolute Gasteiger partial charge is 0.497 e. The lowest BCUT2D eigenvalue weighted by Gasteiger charge is -2.25. The van der Waals surface area contributed by atoms with Crippen LogP contribution in [0.1, 0.15) is 18.9 Å². The molecule has 0 fully saturated rings. The number of hydrogen-bond donors (Lipinski definition) is 1. The Labute approximate surface area is 178 Å². The highest BCUT2D eigenvalue weighted by atomic mass is 32.2. The van der Waals surface area contributed by atoms with E-state index in [0.29, 0.717) is 18.3 Å². The number of carbonyl (C=O) groups excluding carboxylic acids is 1. The molecule has 0 radical (unpaired) electrons. The SMILES string of the molecule is COc1ccc(S(=O)(=O)N(C)CC(=O)NCCCN2c3ccccc3CC2C)cc1. The highest BCUT2D eigenvalue weighted by Gasteiger charge is 2.25. The maximum absolute atomic E-state index is 12.6. The van der Waals surface area contributed by atoms with Gasteiger partial charge in [0.1, 0.15) is 5.75 Å². The van der Waals surface area contributed by atoms with Crippen LogP contribution in [-0.2, 0) is 21.2 Å². The minimum Gasteiger partial charge on any atom is -0.497 e. The highest BCUT2D eigenvalue weighted by molar-refractivity contribution is 7.89. The van der Waals surface area contributed by atoms with Crippen molar-refractivity contribution in [3.8, 4) is 5.75 Å². The molecule has 2 aromatic carbocycles. The average molecular weight is 432 g/mol. The molecule has 2 aromatic rings.